The van der Waals surface area contributed by atoms with Gasteiger partial charge < -0.3 is 14.6 Å². The zero-order valence-electron chi connectivity index (χ0n) is 24.9. The minimum absolute atomic E-state index is 0.00662. The zero-order chi connectivity index (χ0) is 29.5. The topological polar surface area (TPSA) is 71.9 Å². The highest BCUT2D eigenvalue weighted by Crippen LogP contribution is 2.48. The average molecular weight is 561 g/mol. The van der Waals surface area contributed by atoms with Gasteiger partial charge in [0.2, 0.25) is 5.88 Å². The highest BCUT2D eigenvalue weighted by molar-refractivity contribution is 5.71. The third kappa shape index (κ3) is 6.25. The van der Waals surface area contributed by atoms with E-state index in [-0.39, 0.29) is 17.6 Å². The molecule has 41 heavy (non-hydrogen) atoms. The van der Waals surface area contributed by atoms with Gasteiger partial charge in [0.15, 0.2) is 0 Å². The Morgan fingerprint density at radius 3 is 2.56 bits per heavy atom. The van der Waals surface area contributed by atoms with Crippen LogP contribution in [0.4, 0.5) is 4.39 Å². The smallest absolute Gasteiger partial charge is 0.306 e. The summed E-state index contributed by atoms with van der Waals surface area (Å²) in [6.07, 6.45) is 4.90. The second kappa shape index (κ2) is 11.4. The van der Waals surface area contributed by atoms with Gasteiger partial charge in [-0.25, -0.2) is 9.37 Å². The Kier molecular flexibility index (Phi) is 8.11. The number of halogens is 1. The number of aryl methyl sites for hydroxylation is 1. The quantitative estimate of drug-likeness (QED) is 0.294. The third-order valence-corrected chi connectivity index (χ3v) is 8.86. The van der Waals surface area contributed by atoms with Gasteiger partial charge >= 0.3 is 5.97 Å². The lowest BCUT2D eigenvalue weighted by Gasteiger charge is -2.33. The van der Waals surface area contributed by atoms with Crippen LogP contribution in [0.1, 0.15) is 81.2 Å². The Morgan fingerprint density at radius 2 is 1.90 bits per heavy atom. The number of methoxy groups -OCH3 is 1. The first-order valence-corrected chi connectivity index (χ1v) is 14.5. The van der Waals surface area contributed by atoms with Gasteiger partial charge in [-0.2, -0.15) is 0 Å². The van der Waals surface area contributed by atoms with Gasteiger partial charge in [0, 0.05) is 23.7 Å². The van der Waals surface area contributed by atoms with Gasteiger partial charge in [-0.1, -0.05) is 37.3 Å². The molecule has 3 aromatic rings. The number of pyridine rings is 1. The fourth-order valence-electron chi connectivity index (χ4n) is 5.84. The Morgan fingerprint density at radius 1 is 1.15 bits per heavy atom. The lowest BCUT2D eigenvalue weighted by Crippen LogP contribution is -2.37. The number of carbonyl (C=O) groups is 1. The molecule has 218 valence electrons. The number of nitrogens with zero attached hydrogens (tertiary/aromatic N) is 2. The molecule has 0 radical (unpaired) electrons. The van der Waals surface area contributed by atoms with Crippen molar-refractivity contribution in [3.8, 4) is 22.8 Å². The van der Waals surface area contributed by atoms with Crippen LogP contribution >= 0.6 is 0 Å². The summed E-state index contributed by atoms with van der Waals surface area (Å²) in [7, 11) is 3.60. The molecule has 0 saturated heterocycles. The molecule has 0 amide bonds. The Hall–Kier alpha value is -3.45. The molecule has 1 aliphatic heterocycles. The van der Waals surface area contributed by atoms with Crippen molar-refractivity contribution < 1.29 is 23.8 Å². The van der Waals surface area contributed by atoms with Crippen molar-refractivity contribution in [2.75, 3.05) is 14.2 Å². The van der Waals surface area contributed by atoms with Gasteiger partial charge in [-0.3, -0.25) is 9.69 Å². The molecule has 2 aromatic carbocycles. The van der Waals surface area contributed by atoms with E-state index in [0.717, 1.165) is 59.3 Å². The van der Waals surface area contributed by atoms with Crippen LogP contribution in [0.15, 0.2) is 48.7 Å². The van der Waals surface area contributed by atoms with Gasteiger partial charge in [-0.05, 0) is 99.2 Å². The van der Waals surface area contributed by atoms with Gasteiger partial charge in [-0.15, -0.1) is 0 Å². The van der Waals surface area contributed by atoms with Crippen molar-refractivity contribution in [3.63, 3.8) is 0 Å². The summed E-state index contributed by atoms with van der Waals surface area (Å²) in [6, 6.07) is 14.1. The van der Waals surface area contributed by atoms with Crippen LogP contribution in [0.3, 0.4) is 0 Å². The van der Waals surface area contributed by atoms with E-state index in [1.807, 2.05) is 19.1 Å². The molecule has 6 nitrogen and oxygen atoms in total. The highest BCUT2D eigenvalue weighted by atomic mass is 19.1. The highest BCUT2D eigenvalue weighted by Gasteiger charge is 2.39. The number of carboxylic acids is 1. The lowest BCUT2D eigenvalue weighted by molar-refractivity contribution is -0.142. The summed E-state index contributed by atoms with van der Waals surface area (Å²) < 4.78 is 26.9. The monoisotopic (exact) mass is 560 g/mol. The maximum atomic E-state index is 15.0. The molecule has 1 aromatic heterocycles. The Bertz CT molecular complexity index is 1430. The number of aromatic nitrogens is 1. The summed E-state index contributed by atoms with van der Waals surface area (Å²) in [5.74, 6) is 0.0224. The van der Waals surface area contributed by atoms with Gasteiger partial charge in [0.25, 0.3) is 0 Å². The van der Waals surface area contributed by atoms with Gasteiger partial charge in [0.05, 0.1) is 19.2 Å². The fourth-order valence-corrected chi connectivity index (χ4v) is 5.84. The van der Waals surface area contributed by atoms with Crippen LogP contribution < -0.4 is 9.47 Å². The van der Waals surface area contributed by atoms with E-state index in [4.69, 9.17) is 9.47 Å². The summed E-state index contributed by atoms with van der Waals surface area (Å²) in [4.78, 5) is 18.1. The van der Waals surface area contributed by atoms with E-state index in [0.29, 0.717) is 23.9 Å². The normalized spacial score (nSPS) is 18.4. The van der Waals surface area contributed by atoms with E-state index in [1.165, 1.54) is 13.3 Å². The van der Waals surface area contributed by atoms with Gasteiger partial charge in [0.1, 0.15) is 17.7 Å². The lowest BCUT2D eigenvalue weighted by atomic mass is 9.82. The van der Waals surface area contributed by atoms with E-state index >= 15 is 4.39 Å². The van der Waals surface area contributed by atoms with Crippen molar-refractivity contribution in [2.45, 2.75) is 77.5 Å². The number of hydrogen-bond acceptors (Lipinski definition) is 5. The second-order valence-electron chi connectivity index (χ2n) is 12.7. The predicted octanol–water partition coefficient (Wildman–Crippen LogP) is 7.41. The first-order valence-electron chi connectivity index (χ1n) is 14.5. The van der Waals surface area contributed by atoms with Crippen LogP contribution in [0.5, 0.6) is 11.6 Å². The average Bonchev–Trinajstić information content (AvgIpc) is 3.78. The van der Waals surface area contributed by atoms with Crippen molar-refractivity contribution in [2.24, 2.45) is 11.8 Å². The largest absolute Gasteiger partial charge is 0.485 e. The molecule has 2 heterocycles. The first-order chi connectivity index (χ1) is 19.5. The Balaban J connectivity index is 1.48. The molecule has 0 unspecified atom stereocenters. The number of carboxylic acid groups (broad SMARTS) is 1. The molecule has 1 N–H and O–H groups in total. The molecule has 3 atom stereocenters. The van der Waals surface area contributed by atoms with E-state index in [9.17, 15) is 9.90 Å². The molecule has 5 rings (SSSR count). The molecular formula is C34H41FN2O4. The van der Waals surface area contributed by atoms with Crippen molar-refractivity contribution in [1.29, 1.82) is 0 Å². The SMILES string of the molecule is COc1cc(-c2ccc([C@@H]3CCc4ccc([C@H](C5CC5)[C@H](C)C(=O)O)cc4O3)cc2CN(C)C(C)(C)C)c(F)cn1. The molecule has 1 fully saturated rings. The summed E-state index contributed by atoms with van der Waals surface area (Å²) >= 11 is 0. The molecule has 1 aliphatic carbocycles. The van der Waals surface area contributed by atoms with Crippen molar-refractivity contribution in [3.05, 3.63) is 76.7 Å². The molecular weight excluding hydrogens is 519 g/mol. The summed E-state index contributed by atoms with van der Waals surface area (Å²) in [6.45, 7) is 8.91. The molecule has 1 saturated carbocycles. The third-order valence-electron chi connectivity index (χ3n) is 8.86. The predicted molar refractivity (Wildman–Crippen MR) is 158 cm³/mol. The minimum Gasteiger partial charge on any atom is -0.485 e. The van der Waals surface area contributed by atoms with E-state index in [1.54, 1.807) is 6.07 Å². The number of rotatable bonds is 9. The van der Waals surface area contributed by atoms with Crippen LogP contribution in [-0.2, 0) is 17.8 Å². The minimum atomic E-state index is -0.755. The second-order valence-corrected chi connectivity index (χ2v) is 12.7. The molecule has 0 bridgehead atoms. The maximum absolute atomic E-state index is 15.0. The number of benzene rings is 2. The van der Waals surface area contributed by atoms with Crippen molar-refractivity contribution >= 4 is 5.97 Å². The Labute approximate surface area is 242 Å². The number of aliphatic carboxylic acids is 1. The number of fused-ring (bicyclic) bond motifs is 1. The van der Waals surface area contributed by atoms with Crippen molar-refractivity contribution in [1.82, 2.24) is 9.88 Å². The van der Waals surface area contributed by atoms with Crippen LogP contribution in [0.2, 0.25) is 0 Å². The van der Waals surface area contributed by atoms with E-state index < -0.39 is 17.7 Å². The molecule has 0 spiro atoms. The summed E-state index contributed by atoms with van der Waals surface area (Å²) in [5.41, 5.74) is 5.42. The maximum Gasteiger partial charge on any atom is 0.306 e. The number of hydrogen-bond donors (Lipinski definition) is 1. The number of ether oxygens (including phenoxy) is 2. The molecule has 7 heteroatoms. The standard InChI is InChI=1S/C34H41FN2O4/c1-20(33(38)39)32(22-8-9-22)24-10-7-21-12-14-29(41-30(21)16-24)23-11-13-26(25(15-23)19-37(5)34(2,3)4)27-17-31(40-6)36-18-28(27)35/h7,10-11,13,15-18,20,22,29,32H,8-9,12,14,19H2,1-6H3,(H,38,39)/t20-,29-,32-/m0/s1. The molecule has 2 aliphatic rings. The van der Waals surface area contributed by atoms with Crippen LogP contribution in [0.25, 0.3) is 11.1 Å². The summed E-state index contributed by atoms with van der Waals surface area (Å²) in [5, 5.41) is 9.74. The fraction of sp³-hybridized carbons (Fsp3) is 0.471. The van der Waals surface area contributed by atoms with Crippen LogP contribution in [0, 0.1) is 17.7 Å². The van der Waals surface area contributed by atoms with E-state index in [2.05, 4.69) is 62.0 Å². The van der Waals surface area contributed by atoms with Crippen LogP contribution in [-0.4, -0.2) is 40.7 Å². The zero-order valence-corrected chi connectivity index (χ0v) is 24.9. The first kappa shape index (κ1) is 29.1.